The van der Waals surface area contributed by atoms with Crippen LogP contribution in [-0.2, 0) is 10.0 Å². The predicted octanol–water partition coefficient (Wildman–Crippen LogP) is -0.186. The smallest absolute Gasteiger partial charge is 0.292 e. The van der Waals surface area contributed by atoms with Crippen molar-refractivity contribution in [2.24, 2.45) is 20.6 Å². The first-order valence-electron chi connectivity index (χ1n) is 2.13. The first-order valence-corrected chi connectivity index (χ1v) is 3.64. The van der Waals surface area contributed by atoms with Gasteiger partial charge in [0.15, 0.2) is 6.34 Å². The second kappa shape index (κ2) is 3.72. The van der Waals surface area contributed by atoms with Crippen LogP contribution in [-0.4, -0.2) is 14.8 Å². The molecule has 0 fully saturated rings. The molecule has 56 valence electrons. The Labute approximate surface area is 58.2 Å². The number of nitrogens with zero attached hydrogens (tertiary/aromatic N) is 3. The van der Waals surface area contributed by atoms with Crippen LogP contribution in [0.2, 0.25) is 0 Å². The average Bonchev–Trinajstić information content (AvgIpc) is 1.89. The van der Waals surface area contributed by atoms with E-state index in [9.17, 15) is 8.42 Å². The second-order valence-electron chi connectivity index (χ2n) is 1.14. The normalized spacial score (nSPS) is 12.8. The highest BCUT2D eigenvalue weighted by Gasteiger charge is 1.96. The standard InChI is InChI=1S/C3H6N4O2S/c1-2-10(8,9)7-6-3-5-4/h2-3H,1,4H2. The summed E-state index contributed by atoms with van der Waals surface area (Å²) < 4.78 is 23.6. The van der Waals surface area contributed by atoms with E-state index in [1.165, 1.54) is 0 Å². The summed E-state index contributed by atoms with van der Waals surface area (Å²) in [6, 6.07) is 0. The van der Waals surface area contributed by atoms with Crippen LogP contribution in [0.4, 0.5) is 0 Å². The molecule has 7 heteroatoms. The van der Waals surface area contributed by atoms with Crippen molar-refractivity contribution in [3.05, 3.63) is 12.0 Å². The fraction of sp³-hybridized carbons (Fsp3) is 0. The molecule has 0 amide bonds. The zero-order chi connectivity index (χ0) is 8.04. The molecular weight excluding hydrogens is 156 g/mol. The zero-order valence-electron chi connectivity index (χ0n) is 5.01. The van der Waals surface area contributed by atoms with E-state index in [1.807, 2.05) is 0 Å². The van der Waals surface area contributed by atoms with Crippen molar-refractivity contribution in [2.45, 2.75) is 0 Å². The second-order valence-corrected chi connectivity index (χ2v) is 2.67. The Morgan fingerprint density at radius 3 is 2.50 bits per heavy atom. The van der Waals surface area contributed by atoms with Crippen LogP contribution in [0.3, 0.4) is 0 Å². The van der Waals surface area contributed by atoms with Gasteiger partial charge in [0.25, 0.3) is 10.0 Å². The molecule has 10 heavy (non-hydrogen) atoms. The Kier molecular flexibility index (Phi) is 3.26. The first kappa shape index (κ1) is 8.76. The maximum Gasteiger partial charge on any atom is 0.292 e. The molecule has 0 aliphatic heterocycles. The molecule has 0 aliphatic carbocycles. The summed E-state index contributed by atoms with van der Waals surface area (Å²) in [5.41, 5.74) is 0. The minimum atomic E-state index is -3.62. The Bertz CT molecular complexity index is 252. The highest BCUT2D eigenvalue weighted by Crippen LogP contribution is 1.91. The van der Waals surface area contributed by atoms with Crippen molar-refractivity contribution in [3.8, 4) is 0 Å². The van der Waals surface area contributed by atoms with Gasteiger partial charge in [0.05, 0.1) is 0 Å². The van der Waals surface area contributed by atoms with Crippen molar-refractivity contribution in [1.82, 2.24) is 0 Å². The van der Waals surface area contributed by atoms with Crippen molar-refractivity contribution in [3.63, 3.8) is 0 Å². The number of sulfonamides is 1. The Balaban J connectivity index is 4.29. The molecule has 0 rings (SSSR count). The van der Waals surface area contributed by atoms with Crippen molar-refractivity contribution < 1.29 is 8.42 Å². The van der Waals surface area contributed by atoms with Gasteiger partial charge in [-0.25, -0.2) is 0 Å². The quantitative estimate of drug-likeness (QED) is 0.205. The highest BCUT2D eigenvalue weighted by molar-refractivity contribution is 7.92. The average molecular weight is 162 g/mol. The molecular formula is C3H6N4O2S. The molecule has 0 unspecified atom stereocenters. The van der Waals surface area contributed by atoms with Crippen LogP contribution < -0.4 is 5.84 Å². The number of nitrogens with two attached hydrogens (primary N) is 1. The molecule has 2 N–H and O–H groups in total. The molecule has 0 saturated carbocycles. The summed E-state index contributed by atoms with van der Waals surface area (Å²) in [5.74, 6) is 4.59. The number of hydrogen-bond acceptors (Lipinski definition) is 4. The van der Waals surface area contributed by atoms with Crippen LogP contribution in [0.15, 0.2) is 26.7 Å². The summed E-state index contributed by atoms with van der Waals surface area (Å²) in [4.78, 5) is 0. The third kappa shape index (κ3) is 3.72. The lowest BCUT2D eigenvalue weighted by Gasteiger charge is -1.79. The van der Waals surface area contributed by atoms with E-state index >= 15 is 0 Å². The van der Waals surface area contributed by atoms with E-state index in [0.717, 1.165) is 6.34 Å². The molecule has 0 bridgehead atoms. The maximum absolute atomic E-state index is 10.4. The first-order chi connectivity index (χ1) is 4.62. The Morgan fingerprint density at radius 1 is 1.50 bits per heavy atom. The van der Waals surface area contributed by atoms with Crippen LogP contribution in [0.25, 0.3) is 0 Å². The molecule has 0 atom stereocenters. The van der Waals surface area contributed by atoms with Crippen molar-refractivity contribution in [1.29, 1.82) is 0 Å². The lowest BCUT2D eigenvalue weighted by Crippen LogP contribution is -1.86. The van der Waals surface area contributed by atoms with Crippen LogP contribution in [0.1, 0.15) is 0 Å². The fourth-order valence-corrected chi connectivity index (χ4v) is 0.390. The van der Waals surface area contributed by atoms with E-state index < -0.39 is 10.0 Å². The molecule has 0 heterocycles. The van der Waals surface area contributed by atoms with E-state index in [2.05, 4.69) is 27.2 Å². The Morgan fingerprint density at radius 2 is 2.10 bits per heavy atom. The van der Waals surface area contributed by atoms with Crippen LogP contribution >= 0.6 is 0 Å². The molecule has 0 aromatic carbocycles. The summed E-state index contributed by atoms with van der Waals surface area (Å²) in [7, 11) is -3.62. The van der Waals surface area contributed by atoms with Gasteiger partial charge >= 0.3 is 0 Å². The highest BCUT2D eigenvalue weighted by atomic mass is 32.2. The van der Waals surface area contributed by atoms with Gasteiger partial charge in [0.1, 0.15) is 0 Å². The Hall–Kier alpha value is -1.24. The van der Waals surface area contributed by atoms with Gasteiger partial charge in [-0.15, -0.1) is 5.11 Å². The van der Waals surface area contributed by atoms with Crippen molar-refractivity contribution in [2.75, 3.05) is 0 Å². The number of hydrazone groups is 1. The van der Waals surface area contributed by atoms with E-state index in [1.54, 1.807) is 0 Å². The monoisotopic (exact) mass is 162 g/mol. The third-order valence-corrected chi connectivity index (χ3v) is 1.23. The summed E-state index contributed by atoms with van der Waals surface area (Å²) in [6.45, 7) is 2.99. The summed E-state index contributed by atoms with van der Waals surface area (Å²) in [6.07, 6.45) is 0.807. The van der Waals surface area contributed by atoms with Gasteiger partial charge < -0.3 is 5.84 Å². The molecule has 0 aromatic rings. The molecule has 0 spiro atoms. The predicted molar refractivity (Wildman–Crippen MR) is 36.7 cm³/mol. The molecule has 0 aromatic heterocycles. The SMILES string of the molecule is C=CS(=O)(=O)N=NC=NN. The van der Waals surface area contributed by atoms with E-state index in [-0.39, 0.29) is 0 Å². The zero-order valence-corrected chi connectivity index (χ0v) is 5.82. The lowest BCUT2D eigenvalue weighted by atomic mass is 11.3. The van der Waals surface area contributed by atoms with Gasteiger partial charge in [-0.05, 0) is 0 Å². The lowest BCUT2D eigenvalue weighted by molar-refractivity contribution is 0.604. The molecule has 0 aliphatic rings. The van der Waals surface area contributed by atoms with Crippen LogP contribution in [0.5, 0.6) is 0 Å². The summed E-state index contributed by atoms with van der Waals surface area (Å²) >= 11 is 0. The molecule has 0 radical (unpaired) electrons. The minimum Gasteiger partial charge on any atom is -0.322 e. The minimum absolute atomic E-state index is 0.668. The van der Waals surface area contributed by atoms with Gasteiger partial charge in [0, 0.05) is 5.41 Å². The fourth-order valence-electron chi connectivity index (χ4n) is 0.150. The van der Waals surface area contributed by atoms with Gasteiger partial charge in [-0.2, -0.15) is 13.5 Å². The molecule has 0 saturated heterocycles. The largest absolute Gasteiger partial charge is 0.322 e. The topological polar surface area (TPSA) is 97.2 Å². The van der Waals surface area contributed by atoms with Gasteiger partial charge in [0.2, 0.25) is 0 Å². The van der Waals surface area contributed by atoms with Gasteiger partial charge in [-0.3, -0.25) is 0 Å². The van der Waals surface area contributed by atoms with E-state index in [0.29, 0.717) is 5.41 Å². The van der Waals surface area contributed by atoms with E-state index in [4.69, 9.17) is 0 Å². The number of hydrogen-bond donors (Lipinski definition) is 1. The molecule has 6 nitrogen and oxygen atoms in total. The third-order valence-electron chi connectivity index (χ3n) is 0.490. The maximum atomic E-state index is 10.4. The summed E-state index contributed by atoms with van der Waals surface area (Å²) in [5, 5.41) is 6.54. The van der Waals surface area contributed by atoms with Crippen molar-refractivity contribution >= 4 is 16.4 Å². The number of rotatable bonds is 3. The van der Waals surface area contributed by atoms with Gasteiger partial charge in [-0.1, -0.05) is 11.1 Å². The van der Waals surface area contributed by atoms with Crippen LogP contribution in [0, 0.1) is 0 Å².